The zero-order chi connectivity index (χ0) is 16.8. The van der Waals surface area contributed by atoms with Gasteiger partial charge < -0.3 is 5.11 Å². The molecule has 1 aliphatic rings. The number of carbonyl (C=O) groups excluding carboxylic acids is 2. The fourth-order valence-electron chi connectivity index (χ4n) is 3.04. The Morgan fingerprint density at radius 1 is 0.833 bits per heavy atom. The van der Waals surface area contributed by atoms with Gasteiger partial charge in [-0.3, -0.25) is 9.59 Å². The minimum absolute atomic E-state index is 0.0187. The van der Waals surface area contributed by atoms with Gasteiger partial charge in [0.05, 0.1) is 11.3 Å². The molecule has 1 N–H and O–H groups in total. The Hall–Kier alpha value is -3.47. The predicted molar refractivity (Wildman–Crippen MR) is 88.5 cm³/mol. The lowest BCUT2D eigenvalue weighted by Crippen LogP contribution is -2.40. The standard InChI is InChI=1S/C19H11NO4/c21-17-14-8-2-4-11-5-3-9-15(16(11)14)18(22)20(17)13-7-1-6-12(10-13)19(23)24/h1-10H,(H,23,24). The molecule has 1 heterocycles. The number of aromatic carboxylic acids is 1. The largest absolute Gasteiger partial charge is 0.478 e. The first-order valence-electron chi connectivity index (χ1n) is 7.32. The molecule has 0 bridgehead atoms. The third kappa shape index (κ3) is 1.91. The molecule has 0 saturated heterocycles. The molecule has 0 spiro atoms. The van der Waals surface area contributed by atoms with Gasteiger partial charge in [0.1, 0.15) is 0 Å². The second-order valence-electron chi connectivity index (χ2n) is 5.51. The Balaban J connectivity index is 1.94. The molecule has 5 heteroatoms. The molecule has 116 valence electrons. The minimum Gasteiger partial charge on any atom is -0.478 e. The lowest BCUT2D eigenvalue weighted by molar-refractivity contribution is 0.0695. The number of carboxylic acids is 1. The third-order valence-corrected chi connectivity index (χ3v) is 4.12. The van der Waals surface area contributed by atoms with Crippen molar-refractivity contribution in [1.29, 1.82) is 0 Å². The zero-order valence-electron chi connectivity index (χ0n) is 12.4. The minimum atomic E-state index is -1.11. The number of hydrogen-bond donors (Lipinski definition) is 1. The van der Waals surface area contributed by atoms with Crippen LogP contribution in [0.4, 0.5) is 5.69 Å². The summed E-state index contributed by atoms with van der Waals surface area (Å²) in [4.78, 5) is 37.9. The molecular weight excluding hydrogens is 306 g/mol. The highest BCUT2D eigenvalue weighted by molar-refractivity contribution is 6.35. The molecule has 5 nitrogen and oxygen atoms in total. The van der Waals surface area contributed by atoms with Crippen LogP contribution in [0.3, 0.4) is 0 Å². The van der Waals surface area contributed by atoms with Gasteiger partial charge >= 0.3 is 5.97 Å². The van der Waals surface area contributed by atoms with E-state index < -0.39 is 17.8 Å². The summed E-state index contributed by atoms with van der Waals surface area (Å²) >= 11 is 0. The van der Waals surface area contributed by atoms with Crippen molar-refractivity contribution in [2.75, 3.05) is 4.90 Å². The third-order valence-electron chi connectivity index (χ3n) is 4.12. The van der Waals surface area contributed by atoms with E-state index in [4.69, 9.17) is 5.11 Å². The van der Waals surface area contributed by atoms with Gasteiger partial charge in [0.2, 0.25) is 0 Å². The van der Waals surface area contributed by atoms with Crippen molar-refractivity contribution in [1.82, 2.24) is 0 Å². The van der Waals surface area contributed by atoms with Crippen molar-refractivity contribution in [2.24, 2.45) is 0 Å². The van der Waals surface area contributed by atoms with E-state index in [2.05, 4.69) is 0 Å². The van der Waals surface area contributed by atoms with E-state index >= 15 is 0 Å². The first-order valence-corrected chi connectivity index (χ1v) is 7.32. The zero-order valence-corrected chi connectivity index (χ0v) is 12.4. The Labute approximate surface area is 136 Å². The fourth-order valence-corrected chi connectivity index (χ4v) is 3.04. The van der Waals surface area contributed by atoms with Gasteiger partial charge in [0.25, 0.3) is 11.8 Å². The summed E-state index contributed by atoms with van der Waals surface area (Å²) in [5, 5.41) is 10.6. The maximum Gasteiger partial charge on any atom is 0.335 e. The number of carbonyl (C=O) groups is 3. The lowest BCUT2D eigenvalue weighted by Gasteiger charge is -2.27. The van der Waals surface area contributed by atoms with Gasteiger partial charge in [-0.1, -0.05) is 30.3 Å². The number of benzene rings is 3. The molecule has 0 atom stereocenters. The maximum absolute atomic E-state index is 12.9. The summed E-state index contributed by atoms with van der Waals surface area (Å²) in [7, 11) is 0. The first kappa shape index (κ1) is 14.1. The van der Waals surface area contributed by atoms with Crippen LogP contribution in [0.15, 0.2) is 60.7 Å². The molecule has 0 unspecified atom stereocenters. The highest BCUT2D eigenvalue weighted by Crippen LogP contribution is 2.32. The molecule has 1 aliphatic heterocycles. The second kappa shape index (κ2) is 5.03. The van der Waals surface area contributed by atoms with Crippen molar-refractivity contribution >= 4 is 34.2 Å². The van der Waals surface area contributed by atoms with Gasteiger partial charge in [0, 0.05) is 16.5 Å². The van der Waals surface area contributed by atoms with E-state index in [1.807, 2.05) is 12.1 Å². The molecular formula is C19H11NO4. The number of amides is 2. The lowest BCUT2D eigenvalue weighted by atomic mass is 9.93. The van der Waals surface area contributed by atoms with Crippen LogP contribution in [0.2, 0.25) is 0 Å². The van der Waals surface area contributed by atoms with Gasteiger partial charge in [-0.15, -0.1) is 0 Å². The van der Waals surface area contributed by atoms with Gasteiger partial charge in [-0.2, -0.15) is 0 Å². The summed E-state index contributed by atoms with van der Waals surface area (Å²) in [5.74, 6) is -2.02. The smallest absolute Gasteiger partial charge is 0.335 e. The molecule has 2 amide bonds. The van der Waals surface area contributed by atoms with Gasteiger partial charge in [-0.25, -0.2) is 9.69 Å². The molecule has 3 aromatic rings. The van der Waals surface area contributed by atoms with Crippen molar-refractivity contribution in [3.8, 4) is 0 Å². The number of imide groups is 1. The normalized spacial score (nSPS) is 13.4. The van der Waals surface area contributed by atoms with Crippen molar-refractivity contribution in [3.63, 3.8) is 0 Å². The fraction of sp³-hybridized carbons (Fsp3) is 0. The second-order valence-corrected chi connectivity index (χ2v) is 5.51. The van der Waals surface area contributed by atoms with Crippen LogP contribution < -0.4 is 4.90 Å². The number of nitrogens with zero attached hydrogens (tertiary/aromatic N) is 1. The number of carboxylic acid groups (broad SMARTS) is 1. The first-order chi connectivity index (χ1) is 11.6. The number of anilines is 1. The number of rotatable bonds is 2. The van der Waals surface area contributed by atoms with Gasteiger partial charge in [0.15, 0.2) is 0 Å². The molecule has 0 radical (unpaired) electrons. The Morgan fingerprint density at radius 2 is 1.42 bits per heavy atom. The molecule has 0 fully saturated rings. The van der Waals surface area contributed by atoms with Crippen LogP contribution in [-0.4, -0.2) is 22.9 Å². The van der Waals surface area contributed by atoms with E-state index in [1.165, 1.54) is 18.2 Å². The highest BCUT2D eigenvalue weighted by atomic mass is 16.4. The monoisotopic (exact) mass is 317 g/mol. The van der Waals surface area contributed by atoms with E-state index in [-0.39, 0.29) is 11.3 Å². The summed E-state index contributed by atoms with van der Waals surface area (Å²) in [6.45, 7) is 0. The predicted octanol–water partition coefficient (Wildman–Crippen LogP) is 3.34. The Bertz CT molecular complexity index is 988. The van der Waals surface area contributed by atoms with Gasteiger partial charge in [-0.05, 0) is 35.7 Å². The summed E-state index contributed by atoms with van der Waals surface area (Å²) in [6, 6.07) is 16.4. The summed E-state index contributed by atoms with van der Waals surface area (Å²) in [6.07, 6.45) is 0. The number of hydrogen-bond acceptors (Lipinski definition) is 3. The van der Waals surface area contributed by atoms with E-state index in [0.717, 1.165) is 10.3 Å². The molecule has 4 rings (SSSR count). The quantitative estimate of drug-likeness (QED) is 0.736. The summed E-state index contributed by atoms with van der Waals surface area (Å²) in [5.41, 5.74) is 1.13. The maximum atomic E-state index is 12.9. The molecule has 0 saturated carbocycles. The Morgan fingerprint density at radius 3 is 2.00 bits per heavy atom. The van der Waals surface area contributed by atoms with Crippen molar-refractivity contribution < 1.29 is 19.5 Å². The van der Waals surface area contributed by atoms with Crippen LogP contribution in [0, 0.1) is 0 Å². The van der Waals surface area contributed by atoms with Crippen LogP contribution in [-0.2, 0) is 0 Å². The van der Waals surface area contributed by atoms with E-state index in [9.17, 15) is 14.4 Å². The molecule has 24 heavy (non-hydrogen) atoms. The van der Waals surface area contributed by atoms with E-state index in [1.54, 1.807) is 30.3 Å². The van der Waals surface area contributed by atoms with E-state index in [0.29, 0.717) is 16.5 Å². The van der Waals surface area contributed by atoms with Crippen molar-refractivity contribution in [2.45, 2.75) is 0 Å². The average molecular weight is 317 g/mol. The average Bonchev–Trinajstić information content (AvgIpc) is 2.60. The SMILES string of the molecule is O=C(O)c1cccc(N2C(=O)c3cccc4cccc(c34)C2=O)c1. The van der Waals surface area contributed by atoms with Crippen LogP contribution in [0.25, 0.3) is 10.8 Å². The molecule has 0 aromatic heterocycles. The van der Waals surface area contributed by atoms with Crippen LogP contribution in [0.5, 0.6) is 0 Å². The highest BCUT2D eigenvalue weighted by Gasteiger charge is 2.33. The Kier molecular flexibility index (Phi) is 2.96. The van der Waals surface area contributed by atoms with Crippen LogP contribution >= 0.6 is 0 Å². The molecule has 0 aliphatic carbocycles. The van der Waals surface area contributed by atoms with Crippen molar-refractivity contribution in [3.05, 3.63) is 77.4 Å². The summed E-state index contributed by atoms with van der Waals surface area (Å²) < 4.78 is 0. The molecule has 3 aromatic carbocycles. The van der Waals surface area contributed by atoms with Crippen LogP contribution in [0.1, 0.15) is 31.1 Å². The topological polar surface area (TPSA) is 74.7 Å².